The number of aromatic nitrogens is 4. The number of furan rings is 1. The number of rotatable bonds is 7. The predicted octanol–water partition coefficient (Wildman–Crippen LogP) is 1.74. The van der Waals surface area contributed by atoms with Gasteiger partial charge in [0.2, 0.25) is 0 Å². The predicted molar refractivity (Wildman–Crippen MR) is 101 cm³/mol. The highest BCUT2D eigenvalue weighted by Crippen LogP contribution is 2.26. The van der Waals surface area contributed by atoms with E-state index in [0.29, 0.717) is 25.4 Å². The molecule has 9 nitrogen and oxygen atoms in total. The van der Waals surface area contributed by atoms with Gasteiger partial charge in [0.05, 0.1) is 25.0 Å². The fourth-order valence-electron chi connectivity index (χ4n) is 4.10. The van der Waals surface area contributed by atoms with Gasteiger partial charge in [-0.2, -0.15) is 0 Å². The van der Waals surface area contributed by atoms with Crippen molar-refractivity contribution in [3.63, 3.8) is 0 Å². The Kier molecular flexibility index (Phi) is 6.01. The zero-order valence-electron chi connectivity index (χ0n) is 16.4. The van der Waals surface area contributed by atoms with Gasteiger partial charge in [-0.3, -0.25) is 9.69 Å². The molecule has 2 aliphatic rings. The summed E-state index contributed by atoms with van der Waals surface area (Å²) in [5.41, 5.74) is 0. The molecule has 2 aromatic rings. The molecule has 28 heavy (non-hydrogen) atoms. The molecule has 0 aliphatic carbocycles. The molecular weight excluding hydrogens is 360 g/mol. The van der Waals surface area contributed by atoms with Crippen molar-refractivity contribution >= 4 is 5.91 Å². The van der Waals surface area contributed by atoms with E-state index in [1.807, 2.05) is 9.58 Å². The number of piperazine rings is 1. The Morgan fingerprint density at radius 3 is 2.86 bits per heavy atom. The van der Waals surface area contributed by atoms with Crippen molar-refractivity contribution in [1.29, 1.82) is 0 Å². The molecule has 2 atom stereocenters. The van der Waals surface area contributed by atoms with Gasteiger partial charge in [-0.05, 0) is 41.8 Å². The average Bonchev–Trinajstić information content (AvgIpc) is 3.49. The molecule has 0 unspecified atom stereocenters. The quantitative estimate of drug-likeness (QED) is 0.714. The fourth-order valence-corrected chi connectivity index (χ4v) is 4.10. The largest absolute Gasteiger partial charge is 0.459 e. The summed E-state index contributed by atoms with van der Waals surface area (Å²) in [6.07, 6.45) is 5.93. The van der Waals surface area contributed by atoms with Crippen molar-refractivity contribution in [2.75, 3.05) is 32.8 Å². The third kappa shape index (κ3) is 4.10. The summed E-state index contributed by atoms with van der Waals surface area (Å²) >= 11 is 0. The number of hydrogen-bond donors (Lipinski definition) is 0. The topological polar surface area (TPSA) is 89.5 Å². The molecule has 0 N–H and O–H groups in total. The van der Waals surface area contributed by atoms with Crippen LogP contribution in [0.3, 0.4) is 0 Å². The van der Waals surface area contributed by atoms with Gasteiger partial charge in [0.25, 0.3) is 5.91 Å². The lowest BCUT2D eigenvalue weighted by Crippen LogP contribution is -2.50. The molecule has 4 rings (SSSR count). The zero-order valence-corrected chi connectivity index (χ0v) is 16.4. The normalized spacial score (nSPS) is 21.9. The number of carbonyl (C=O) groups excluding carboxylic acids is 1. The maximum Gasteiger partial charge on any atom is 0.289 e. The van der Waals surface area contributed by atoms with E-state index in [-0.39, 0.29) is 18.1 Å². The summed E-state index contributed by atoms with van der Waals surface area (Å²) in [5.74, 6) is 1.27. The lowest BCUT2D eigenvalue weighted by molar-refractivity contribution is 0.0503. The molecule has 9 heteroatoms. The van der Waals surface area contributed by atoms with Crippen molar-refractivity contribution < 1.29 is 13.9 Å². The first-order chi connectivity index (χ1) is 13.8. The van der Waals surface area contributed by atoms with Crippen LogP contribution < -0.4 is 0 Å². The summed E-state index contributed by atoms with van der Waals surface area (Å²) < 4.78 is 12.9. The van der Waals surface area contributed by atoms with Crippen LogP contribution in [0.5, 0.6) is 0 Å². The minimum atomic E-state index is -0.0418. The van der Waals surface area contributed by atoms with Gasteiger partial charge in [-0.1, -0.05) is 13.3 Å². The van der Waals surface area contributed by atoms with E-state index in [0.717, 1.165) is 51.2 Å². The summed E-state index contributed by atoms with van der Waals surface area (Å²) in [6, 6.07) is 3.62. The van der Waals surface area contributed by atoms with Crippen molar-refractivity contribution in [2.24, 2.45) is 0 Å². The number of ether oxygens (including phenoxy) is 1. The Morgan fingerprint density at radius 1 is 1.32 bits per heavy atom. The summed E-state index contributed by atoms with van der Waals surface area (Å²) in [5, 5.41) is 12.5. The first-order valence-corrected chi connectivity index (χ1v) is 10.2. The Labute approximate surface area is 164 Å². The molecule has 2 aliphatic heterocycles. The number of hydrogen-bond acceptors (Lipinski definition) is 7. The Morgan fingerprint density at radius 2 is 2.18 bits per heavy atom. The van der Waals surface area contributed by atoms with E-state index in [2.05, 4.69) is 27.3 Å². The van der Waals surface area contributed by atoms with Gasteiger partial charge in [0.15, 0.2) is 11.6 Å². The fraction of sp³-hybridized carbons (Fsp3) is 0.684. The molecule has 0 aromatic carbocycles. The third-order valence-electron chi connectivity index (χ3n) is 5.59. The van der Waals surface area contributed by atoms with E-state index in [1.165, 1.54) is 6.26 Å². The third-order valence-corrected chi connectivity index (χ3v) is 5.59. The van der Waals surface area contributed by atoms with Gasteiger partial charge in [-0.25, -0.2) is 4.68 Å². The molecule has 0 bridgehead atoms. The van der Waals surface area contributed by atoms with E-state index < -0.39 is 0 Å². The number of amides is 1. The van der Waals surface area contributed by atoms with Crippen LogP contribution in [0, 0.1) is 0 Å². The molecule has 2 aromatic heterocycles. The lowest BCUT2D eigenvalue weighted by atomic mass is 10.1. The first-order valence-electron chi connectivity index (χ1n) is 10.2. The van der Waals surface area contributed by atoms with Crippen LogP contribution in [-0.2, 0) is 11.3 Å². The van der Waals surface area contributed by atoms with Crippen molar-refractivity contribution in [1.82, 2.24) is 30.0 Å². The van der Waals surface area contributed by atoms with Gasteiger partial charge in [-0.15, -0.1) is 5.10 Å². The molecule has 0 spiro atoms. The second-order valence-electron chi connectivity index (χ2n) is 7.46. The molecule has 4 heterocycles. The summed E-state index contributed by atoms with van der Waals surface area (Å²) in [6.45, 7) is 6.65. The van der Waals surface area contributed by atoms with Gasteiger partial charge < -0.3 is 14.1 Å². The minimum absolute atomic E-state index is 0.0418. The lowest BCUT2D eigenvalue weighted by Gasteiger charge is -2.38. The second kappa shape index (κ2) is 8.83. The van der Waals surface area contributed by atoms with E-state index >= 15 is 0 Å². The maximum absolute atomic E-state index is 12.5. The van der Waals surface area contributed by atoms with E-state index in [4.69, 9.17) is 9.15 Å². The summed E-state index contributed by atoms with van der Waals surface area (Å²) in [7, 11) is 0. The molecular formula is C19H28N6O3. The smallest absolute Gasteiger partial charge is 0.289 e. The van der Waals surface area contributed by atoms with E-state index in [9.17, 15) is 4.79 Å². The highest BCUT2D eigenvalue weighted by molar-refractivity contribution is 5.91. The second-order valence-corrected chi connectivity index (χ2v) is 7.46. The monoisotopic (exact) mass is 388 g/mol. The SMILES string of the molecule is CCC[C@@H](c1nnnn1C[C@H]1CCCO1)N1CCN(C(=O)c2ccco2)CC1. The number of carbonyl (C=O) groups is 1. The standard InChI is InChI=1S/C19H28N6O3/c1-2-5-16(18-20-21-22-25(18)14-15-6-3-12-27-15)23-8-10-24(11-9-23)19(26)17-7-4-13-28-17/h4,7,13,15-16H,2-3,5-6,8-12,14H2,1H3/t15-,16+/m1/s1. The molecule has 0 radical (unpaired) electrons. The first kappa shape index (κ1) is 19.1. The average molecular weight is 388 g/mol. The molecule has 152 valence electrons. The zero-order chi connectivity index (χ0) is 19.3. The van der Waals surface area contributed by atoms with Gasteiger partial charge in [0, 0.05) is 32.8 Å². The Balaban J connectivity index is 1.42. The highest BCUT2D eigenvalue weighted by Gasteiger charge is 2.31. The Bertz CT molecular complexity index is 748. The molecule has 2 saturated heterocycles. The van der Waals surface area contributed by atoms with Crippen LogP contribution >= 0.6 is 0 Å². The van der Waals surface area contributed by atoms with Crippen molar-refractivity contribution in [3.05, 3.63) is 30.0 Å². The molecule has 0 saturated carbocycles. The van der Waals surface area contributed by atoms with Crippen molar-refractivity contribution in [2.45, 2.75) is 51.3 Å². The van der Waals surface area contributed by atoms with Gasteiger partial charge in [0.1, 0.15) is 0 Å². The van der Waals surface area contributed by atoms with Crippen molar-refractivity contribution in [3.8, 4) is 0 Å². The van der Waals surface area contributed by atoms with Gasteiger partial charge >= 0.3 is 0 Å². The van der Waals surface area contributed by atoms with Crippen LogP contribution in [0.1, 0.15) is 55.0 Å². The maximum atomic E-state index is 12.5. The Hall–Kier alpha value is -2.26. The van der Waals surface area contributed by atoms with Crippen LogP contribution in [0.15, 0.2) is 22.8 Å². The highest BCUT2D eigenvalue weighted by atomic mass is 16.5. The van der Waals surface area contributed by atoms with Crippen LogP contribution in [-0.4, -0.2) is 74.8 Å². The van der Waals surface area contributed by atoms with Crippen LogP contribution in [0.25, 0.3) is 0 Å². The molecule has 1 amide bonds. The number of tetrazole rings is 1. The minimum Gasteiger partial charge on any atom is -0.459 e. The molecule has 2 fully saturated rings. The van der Waals surface area contributed by atoms with E-state index in [1.54, 1.807) is 12.1 Å². The van der Waals surface area contributed by atoms with Crippen LogP contribution in [0.4, 0.5) is 0 Å². The van der Waals surface area contributed by atoms with Crippen LogP contribution in [0.2, 0.25) is 0 Å². The summed E-state index contributed by atoms with van der Waals surface area (Å²) in [4.78, 5) is 16.8. The number of nitrogens with zero attached hydrogens (tertiary/aromatic N) is 6.